The van der Waals surface area contributed by atoms with Gasteiger partial charge >= 0.3 is 12.1 Å². The van der Waals surface area contributed by atoms with E-state index in [0.717, 1.165) is 13.2 Å². The number of aromatic carboxylic acids is 2. The molecule has 0 amide bonds. The highest BCUT2D eigenvalue weighted by atomic mass is 127. The Labute approximate surface area is 166 Å². The van der Waals surface area contributed by atoms with Crippen LogP contribution in [-0.2, 0) is 9.47 Å². The lowest BCUT2D eigenvalue weighted by molar-refractivity contribution is -0.255. The SMILES string of the molecule is COC(=O)c1c(C(=O)[O-])cc2c(c(I)nn2C(=O)OC(C)(C)C)c1C(=O)[O-]. The topological polar surface area (TPSA) is 151 Å². The standard InChI is InChI=1S/C16H15IN2O8/c1-16(2,3)27-15(25)19-7-5-6(12(20)21)8(14(24)26-4)10(13(22)23)9(7)11(17)18-19/h5H,1-4H3,(H,20,21)(H,22,23)/p-2. The molecule has 10 nitrogen and oxygen atoms in total. The molecule has 1 heterocycles. The zero-order valence-electron chi connectivity index (χ0n) is 14.6. The fourth-order valence-corrected chi connectivity index (χ4v) is 3.12. The molecule has 0 bridgehead atoms. The normalized spacial score (nSPS) is 11.3. The first-order valence-corrected chi connectivity index (χ1v) is 8.46. The molecule has 1 aromatic carbocycles. The number of hydrogen-bond acceptors (Lipinski definition) is 9. The number of ether oxygens (including phenoxy) is 2. The highest BCUT2D eigenvalue weighted by molar-refractivity contribution is 14.1. The van der Waals surface area contributed by atoms with Crippen LogP contribution >= 0.6 is 22.6 Å². The van der Waals surface area contributed by atoms with E-state index in [2.05, 4.69) is 9.84 Å². The van der Waals surface area contributed by atoms with Crippen molar-refractivity contribution in [3.63, 3.8) is 0 Å². The molecule has 0 unspecified atom stereocenters. The van der Waals surface area contributed by atoms with Crippen molar-refractivity contribution in [1.29, 1.82) is 0 Å². The monoisotopic (exact) mass is 488 g/mol. The van der Waals surface area contributed by atoms with Gasteiger partial charge < -0.3 is 29.3 Å². The number of rotatable bonds is 3. The van der Waals surface area contributed by atoms with Crippen molar-refractivity contribution in [3.05, 3.63) is 26.5 Å². The van der Waals surface area contributed by atoms with Crippen LogP contribution in [0.2, 0.25) is 0 Å². The van der Waals surface area contributed by atoms with Crippen LogP contribution in [0, 0.1) is 3.70 Å². The van der Waals surface area contributed by atoms with Crippen molar-refractivity contribution in [2.75, 3.05) is 7.11 Å². The molecular formula is C16H13IN2O8-2. The summed E-state index contributed by atoms with van der Waals surface area (Å²) in [6, 6.07) is 0.905. The third-order valence-corrected chi connectivity index (χ3v) is 4.06. The maximum absolute atomic E-state index is 12.4. The van der Waals surface area contributed by atoms with Gasteiger partial charge in [-0.1, -0.05) is 0 Å². The van der Waals surface area contributed by atoms with Gasteiger partial charge in [0.25, 0.3) is 0 Å². The van der Waals surface area contributed by atoms with Crippen molar-refractivity contribution in [1.82, 2.24) is 9.78 Å². The van der Waals surface area contributed by atoms with E-state index >= 15 is 0 Å². The van der Waals surface area contributed by atoms with Gasteiger partial charge in [0.05, 0.1) is 30.1 Å². The maximum atomic E-state index is 12.4. The second kappa shape index (κ2) is 7.13. The van der Waals surface area contributed by atoms with Crippen LogP contribution in [0.4, 0.5) is 4.79 Å². The van der Waals surface area contributed by atoms with E-state index in [1.54, 1.807) is 43.4 Å². The lowest BCUT2D eigenvalue weighted by atomic mass is 9.97. The Morgan fingerprint density at radius 1 is 1.11 bits per heavy atom. The number of methoxy groups -OCH3 is 1. The third-order valence-electron chi connectivity index (χ3n) is 3.31. The molecular weight excluding hydrogens is 475 g/mol. The second-order valence-electron chi connectivity index (χ2n) is 6.32. The second-order valence-corrected chi connectivity index (χ2v) is 7.34. The number of aromatic nitrogens is 2. The van der Waals surface area contributed by atoms with Crippen LogP contribution in [-0.4, -0.2) is 46.5 Å². The Kier molecular flexibility index (Phi) is 5.45. The zero-order valence-corrected chi connectivity index (χ0v) is 16.8. The molecule has 2 aromatic rings. The highest BCUT2D eigenvalue weighted by Crippen LogP contribution is 2.30. The molecule has 0 saturated carbocycles. The van der Waals surface area contributed by atoms with Gasteiger partial charge in [-0.25, -0.2) is 9.59 Å². The van der Waals surface area contributed by atoms with Gasteiger partial charge in [-0.15, -0.1) is 0 Å². The quantitative estimate of drug-likeness (QED) is 0.428. The van der Waals surface area contributed by atoms with Crippen LogP contribution in [0.5, 0.6) is 0 Å². The number of hydrogen-bond donors (Lipinski definition) is 0. The van der Waals surface area contributed by atoms with Crippen molar-refractivity contribution in [2.24, 2.45) is 0 Å². The number of carbonyl (C=O) groups is 4. The molecule has 11 heteroatoms. The molecule has 0 aliphatic heterocycles. The summed E-state index contributed by atoms with van der Waals surface area (Å²) >= 11 is 1.64. The van der Waals surface area contributed by atoms with Gasteiger partial charge in [-0.3, -0.25) is 0 Å². The summed E-state index contributed by atoms with van der Waals surface area (Å²) in [5, 5.41) is 27.0. The number of fused-ring (bicyclic) bond motifs is 1. The van der Waals surface area contributed by atoms with E-state index in [1.165, 1.54) is 0 Å². The van der Waals surface area contributed by atoms with Crippen LogP contribution in [0.15, 0.2) is 6.07 Å². The Balaban J connectivity index is 2.96. The lowest BCUT2D eigenvalue weighted by Crippen LogP contribution is -2.31. The Bertz CT molecular complexity index is 987. The summed E-state index contributed by atoms with van der Waals surface area (Å²) in [7, 11) is 0.958. The van der Waals surface area contributed by atoms with Crippen molar-refractivity contribution in [2.45, 2.75) is 26.4 Å². The zero-order chi connectivity index (χ0) is 20.7. The van der Waals surface area contributed by atoms with E-state index < -0.39 is 46.3 Å². The molecule has 0 aliphatic rings. The van der Waals surface area contributed by atoms with Gasteiger partial charge in [0.2, 0.25) is 0 Å². The Morgan fingerprint density at radius 2 is 1.70 bits per heavy atom. The molecule has 0 spiro atoms. The van der Waals surface area contributed by atoms with Crippen LogP contribution < -0.4 is 10.2 Å². The fourth-order valence-electron chi connectivity index (χ4n) is 2.36. The minimum Gasteiger partial charge on any atom is -0.545 e. The first-order chi connectivity index (χ1) is 12.4. The van der Waals surface area contributed by atoms with Crippen LogP contribution in [0.25, 0.3) is 10.9 Å². The molecule has 0 saturated heterocycles. The summed E-state index contributed by atoms with van der Waals surface area (Å²) in [5.74, 6) is -4.90. The van der Waals surface area contributed by atoms with E-state index in [0.29, 0.717) is 4.68 Å². The molecule has 0 radical (unpaired) electrons. The highest BCUT2D eigenvalue weighted by Gasteiger charge is 2.28. The molecule has 1 aromatic heterocycles. The average Bonchev–Trinajstić information content (AvgIpc) is 2.87. The molecule has 144 valence electrons. The van der Waals surface area contributed by atoms with Crippen molar-refractivity contribution in [3.8, 4) is 0 Å². The first-order valence-electron chi connectivity index (χ1n) is 7.38. The summed E-state index contributed by atoms with van der Waals surface area (Å²) in [4.78, 5) is 47.6. The Hall–Kier alpha value is -2.70. The van der Waals surface area contributed by atoms with Gasteiger partial charge in [0.1, 0.15) is 9.30 Å². The summed E-state index contributed by atoms with van der Waals surface area (Å²) in [6.07, 6.45) is -0.963. The number of carboxylic acid groups (broad SMARTS) is 2. The fraction of sp³-hybridized carbons (Fsp3) is 0.312. The molecule has 0 aliphatic carbocycles. The molecule has 0 N–H and O–H groups in total. The number of benzene rings is 1. The van der Waals surface area contributed by atoms with Gasteiger partial charge in [-0.05, 0) is 49.4 Å². The Morgan fingerprint density at radius 3 is 2.15 bits per heavy atom. The van der Waals surface area contributed by atoms with Crippen LogP contribution in [0.1, 0.15) is 51.8 Å². The van der Waals surface area contributed by atoms with Gasteiger partial charge in [0, 0.05) is 16.5 Å². The van der Waals surface area contributed by atoms with Gasteiger partial charge in [-0.2, -0.15) is 9.78 Å². The van der Waals surface area contributed by atoms with Gasteiger partial charge in [0.15, 0.2) is 0 Å². The van der Waals surface area contributed by atoms with E-state index in [-0.39, 0.29) is 14.6 Å². The van der Waals surface area contributed by atoms with E-state index in [1.807, 2.05) is 0 Å². The summed E-state index contributed by atoms with van der Waals surface area (Å²) in [6.45, 7) is 4.82. The van der Waals surface area contributed by atoms with Crippen molar-refractivity contribution >= 4 is 57.5 Å². The molecule has 2 rings (SSSR count). The lowest BCUT2D eigenvalue weighted by Gasteiger charge is -2.20. The smallest absolute Gasteiger partial charge is 0.435 e. The number of carbonyl (C=O) groups excluding carboxylic acids is 4. The number of halogens is 1. The van der Waals surface area contributed by atoms with Crippen LogP contribution in [0.3, 0.4) is 0 Å². The number of esters is 1. The molecule has 0 fully saturated rings. The van der Waals surface area contributed by atoms with E-state index in [4.69, 9.17) is 4.74 Å². The predicted octanol–water partition coefficient (Wildman–Crippen LogP) is -0.0623. The minimum atomic E-state index is -1.84. The number of carboxylic acids is 2. The minimum absolute atomic E-state index is 0.0164. The van der Waals surface area contributed by atoms with Crippen molar-refractivity contribution < 1.29 is 38.9 Å². The summed E-state index contributed by atoms with van der Waals surface area (Å²) in [5.41, 5.74) is -3.39. The first kappa shape index (κ1) is 20.6. The largest absolute Gasteiger partial charge is 0.545 e. The third kappa shape index (κ3) is 3.86. The predicted molar refractivity (Wildman–Crippen MR) is 94.1 cm³/mol. The molecule has 27 heavy (non-hydrogen) atoms. The molecule has 0 atom stereocenters. The number of nitrogens with zero attached hydrogens (tertiary/aromatic N) is 2. The maximum Gasteiger partial charge on any atom is 0.435 e. The average molecular weight is 488 g/mol. The summed E-state index contributed by atoms with van der Waals surface area (Å²) < 4.78 is 10.4. The van der Waals surface area contributed by atoms with E-state index in [9.17, 15) is 29.4 Å².